The van der Waals surface area contributed by atoms with Crippen LogP contribution in [0.2, 0.25) is 0 Å². The molecule has 0 aromatic heterocycles. The van der Waals surface area contributed by atoms with Gasteiger partial charge in [0.2, 0.25) is 5.91 Å². The minimum atomic E-state index is 0.115. The summed E-state index contributed by atoms with van der Waals surface area (Å²) in [6.45, 7) is 11.2. The Morgan fingerprint density at radius 1 is 1.54 bits per heavy atom. The molecule has 13 heavy (non-hydrogen) atoms. The molecule has 3 nitrogen and oxygen atoms in total. The molecule has 3 heteroatoms. The van der Waals surface area contributed by atoms with Gasteiger partial charge in [0, 0.05) is 18.9 Å². The number of amides is 1. The van der Waals surface area contributed by atoms with Crippen molar-refractivity contribution in [2.24, 2.45) is 11.3 Å². The van der Waals surface area contributed by atoms with Crippen LogP contribution in [0.3, 0.4) is 0 Å². The van der Waals surface area contributed by atoms with E-state index in [0.29, 0.717) is 12.0 Å². The van der Waals surface area contributed by atoms with Crippen LogP contribution in [-0.2, 0) is 4.79 Å². The predicted molar refractivity (Wildman–Crippen MR) is 52.9 cm³/mol. The highest BCUT2D eigenvalue weighted by Crippen LogP contribution is 2.33. The third-order valence-corrected chi connectivity index (χ3v) is 2.75. The van der Waals surface area contributed by atoms with Crippen molar-refractivity contribution in [3.05, 3.63) is 0 Å². The molecule has 0 bridgehead atoms. The largest absolute Gasteiger partial charge is 0.274 e. The third-order valence-electron chi connectivity index (χ3n) is 2.75. The number of nitrogens with zero attached hydrogens (tertiary/aromatic N) is 1. The van der Waals surface area contributed by atoms with Crippen LogP contribution in [0.5, 0.6) is 0 Å². The average molecular weight is 184 g/mol. The van der Waals surface area contributed by atoms with Crippen molar-refractivity contribution >= 4 is 5.91 Å². The Morgan fingerprint density at radius 3 is 2.38 bits per heavy atom. The van der Waals surface area contributed by atoms with Crippen molar-refractivity contribution in [2.75, 3.05) is 6.54 Å². The Bertz CT molecular complexity index is 211. The second-order valence-electron chi connectivity index (χ2n) is 4.90. The molecule has 0 saturated carbocycles. The van der Waals surface area contributed by atoms with Crippen LogP contribution >= 0.6 is 0 Å². The molecule has 1 unspecified atom stereocenters. The molecule has 1 fully saturated rings. The van der Waals surface area contributed by atoms with Gasteiger partial charge in [0.1, 0.15) is 0 Å². The topological polar surface area (TPSA) is 32.3 Å². The summed E-state index contributed by atoms with van der Waals surface area (Å²) in [4.78, 5) is 11.3. The fraction of sp³-hybridized carbons (Fsp3) is 0.900. The van der Waals surface area contributed by atoms with Crippen molar-refractivity contribution < 1.29 is 4.79 Å². The summed E-state index contributed by atoms with van der Waals surface area (Å²) in [5.74, 6) is 0.609. The average Bonchev–Trinajstić information content (AvgIpc) is 2.24. The first-order valence-corrected chi connectivity index (χ1v) is 4.89. The third kappa shape index (κ3) is 1.85. The van der Waals surface area contributed by atoms with E-state index in [1.165, 1.54) is 0 Å². The molecule has 1 saturated heterocycles. The lowest BCUT2D eigenvalue weighted by Crippen LogP contribution is -2.46. The van der Waals surface area contributed by atoms with E-state index in [-0.39, 0.29) is 11.3 Å². The van der Waals surface area contributed by atoms with Gasteiger partial charge in [-0.3, -0.25) is 9.80 Å². The summed E-state index contributed by atoms with van der Waals surface area (Å²) >= 11 is 0. The summed E-state index contributed by atoms with van der Waals surface area (Å²) in [7, 11) is 0. The first-order chi connectivity index (χ1) is 5.86. The quantitative estimate of drug-likeness (QED) is 0.668. The first-order valence-electron chi connectivity index (χ1n) is 4.89. The molecule has 0 aromatic rings. The predicted octanol–water partition coefficient (Wildman–Crippen LogP) is 1.40. The van der Waals surface area contributed by atoms with Crippen molar-refractivity contribution in [3.63, 3.8) is 0 Å². The smallest absolute Gasteiger partial charge is 0.233 e. The molecule has 0 radical (unpaired) electrons. The van der Waals surface area contributed by atoms with Gasteiger partial charge < -0.3 is 0 Å². The van der Waals surface area contributed by atoms with Gasteiger partial charge in [0.05, 0.1) is 6.04 Å². The van der Waals surface area contributed by atoms with E-state index in [1.807, 2.05) is 0 Å². The fourth-order valence-corrected chi connectivity index (χ4v) is 2.35. The normalized spacial score (nSPS) is 26.9. The van der Waals surface area contributed by atoms with Crippen molar-refractivity contribution in [3.8, 4) is 0 Å². The number of rotatable bonds is 1. The Labute approximate surface area is 80.5 Å². The molecule has 1 amide bonds. The van der Waals surface area contributed by atoms with Crippen molar-refractivity contribution in [2.45, 2.75) is 40.7 Å². The number of carbonyl (C=O) groups is 1. The van der Waals surface area contributed by atoms with E-state index in [1.54, 1.807) is 11.9 Å². The maximum absolute atomic E-state index is 11.3. The molecule has 0 spiro atoms. The van der Waals surface area contributed by atoms with Crippen LogP contribution in [0.15, 0.2) is 0 Å². The summed E-state index contributed by atoms with van der Waals surface area (Å²) in [5.41, 5.74) is 3.34. The van der Waals surface area contributed by atoms with Gasteiger partial charge >= 0.3 is 0 Å². The summed E-state index contributed by atoms with van der Waals surface area (Å²) in [5, 5.41) is 1.78. The minimum absolute atomic E-state index is 0.115. The van der Waals surface area contributed by atoms with Crippen LogP contribution < -0.4 is 5.43 Å². The SMILES string of the molecule is CC(=O)N1NCC(C)(C)C1C(C)C. The zero-order valence-electron chi connectivity index (χ0n) is 9.22. The fourth-order valence-electron chi connectivity index (χ4n) is 2.35. The molecule has 1 rings (SSSR count). The van der Waals surface area contributed by atoms with E-state index in [9.17, 15) is 4.79 Å². The molecular weight excluding hydrogens is 164 g/mol. The van der Waals surface area contributed by atoms with Gasteiger partial charge in [-0.2, -0.15) is 0 Å². The lowest BCUT2D eigenvalue weighted by molar-refractivity contribution is -0.134. The van der Waals surface area contributed by atoms with Gasteiger partial charge in [-0.1, -0.05) is 27.7 Å². The zero-order valence-corrected chi connectivity index (χ0v) is 9.22. The standard InChI is InChI=1S/C10H20N2O/c1-7(2)9-10(4,5)6-11-12(9)8(3)13/h7,9,11H,6H2,1-5H3. The first kappa shape index (κ1) is 10.5. The number of hydrazine groups is 1. The number of carbonyl (C=O) groups excluding carboxylic acids is 1. The molecular formula is C10H20N2O. The van der Waals surface area contributed by atoms with Crippen LogP contribution in [-0.4, -0.2) is 23.5 Å². The van der Waals surface area contributed by atoms with E-state index in [0.717, 1.165) is 6.54 Å². The molecule has 1 aliphatic rings. The van der Waals surface area contributed by atoms with Crippen LogP contribution in [0.1, 0.15) is 34.6 Å². The van der Waals surface area contributed by atoms with Crippen LogP contribution in [0, 0.1) is 11.3 Å². The maximum atomic E-state index is 11.3. The highest BCUT2D eigenvalue weighted by atomic mass is 16.2. The highest BCUT2D eigenvalue weighted by Gasteiger charge is 2.43. The van der Waals surface area contributed by atoms with Crippen molar-refractivity contribution in [1.82, 2.24) is 10.4 Å². The summed E-state index contributed by atoms with van der Waals surface area (Å²) in [6.07, 6.45) is 0. The van der Waals surface area contributed by atoms with E-state index >= 15 is 0 Å². The molecule has 1 heterocycles. The van der Waals surface area contributed by atoms with Gasteiger partial charge in [0.25, 0.3) is 0 Å². The minimum Gasteiger partial charge on any atom is -0.274 e. The Kier molecular flexibility index (Phi) is 2.66. The molecule has 1 aliphatic heterocycles. The van der Waals surface area contributed by atoms with Gasteiger partial charge in [-0.25, -0.2) is 5.43 Å². The Balaban J connectivity index is 2.86. The molecule has 0 aliphatic carbocycles. The van der Waals surface area contributed by atoms with E-state index < -0.39 is 0 Å². The lowest BCUT2D eigenvalue weighted by Gasteiger charge is -2.33. The van der Waals surface area contributed by atoms with Gasteiger partial charge in [0.15, 0.2) is 0 Å². The van der Waals surface area contributed by atoms with Crippen LogP contribution in [0.4, 0.5) is 0 Å². The second-order valence-corrected chi connectivity index (χ2v) is 4.90. The summed E-state index contributed by atoms with van der Waals surface area (Å²) in [6, 6.07) is 0.310. The highest BCUT2D eigenvalue weighted by molar-refractivity contribution is 5.73. The number of nitrogens with one attached hydrogen (secondary N) is 1. The van der Waals surface area contributed by atoms with Gasteiger partial charge in [-0.05, 0) is 5.92 Å². The Morgan fingerprint density at radius 2 is 2.08 bits per heavy atom. The molecule has 76 valence electrons. The van der Waals surface area contributed by atoms with Crippen molar-refractivity contribution in [1.29, 1.82) is 0 Å². The van der Waals surface area contributed by atoms with E-state index in [2.05, 4.69) is 33.1 Å². The van der Waals surface area contributed by atoms with E-state index in [4.69, 9.17) is 0 Å². The maximum Gasteiger partial charge on any atom is 0.233 e. The molecule has 1 atom stereocenters. The monoisotopic (exact) mass is 184 g/mol. The van der Waals surface area contributed by atoms with Crippen LogP contribution in [0.25, 0.3) is 0 Å². The second kappa shape index (κ2) is 3.29. The Hall–Kier alpha value is -0.570. The number of hydrogen-bond donors (Lipinski definition) is 1. The van der Waals surface area contributed by atoms with Gasteiger partial charge in [-0.15, -0.1) is 0 Å². The lowest BCUT2D eigenvalue weighted by atomic mass is 9.80. The summed E-state index contributed by atoms with van der Waals surface area (Å²) < 4.78 is 0. The molecule has 1 N–H and O–H groups in total. The number of hydrogen-bond acceptors (Lipinski definition) is 2. The zero-order chi connectivity index (χ0) is 10.2. The molecule has 0 aromatic carbocycles.